The highest BCUT2D eigenvalue weighted by molar-refractivity contribution is 6.42. The van der Waals surface area contributed by atoms with Crippen molar-refractivity contribution < 1.29 is 24.6 Å². The minimum atomic E-state index is -1.26. The molecule has 0 atom stereocenters. The van der Waals surface area contributed by atoms with Crippen LogP contribution in [0.15, 0.2) is 30.4 Å². The van der Waals surface area contributed by atoms with Crippen LogP contribution in [0, 0.1) is 5.92 Å². The van der Waals surface area contributed by atoms with Crippen molar-refractivity contribution in [2.45, 2.75) is 33.1 Å². The number of carbonyl (C=O) groups excluding carboxylic acids is 1. The highest BCUT2D eigenvalue weighted by Gasteiger charge is 2.23. The van der Waals surface area contributed by atoms with E-state index >= 15 is 0 Å². The minimum Gasteiger partial charge on any atom is -0.478 e. The predicted octanol–water partition coefficient (Wildman–Crippen LogP) is 4.18. The van der Waals surface area contributed by atoms with Gasteiger partial charge in [-0.1, -0.05) is 30.1 Å². The van der Waals surface area contributed by atoms with Gasteiger partial charge in [-0.05, 0) is 63.5 Å². The van der Waals surface area contributed by atoms with E-state index in [4.69, 9.17) is 33.4 Å². The van der Waals surface area contributed by atoms with E-state index in [1.165, 1.54) is 0 Å². The van der Waals surface area contributed by atoms with E-state index < -0.39 is 11.9 Å². The normalized spacial score (nSPS) is 14.8. The lowest BCUT2D eigenvalue weighted by molar-refractivity contribution is -0.134. The summed E-state index contributed by atoms with van der Waals surface area (Å²) in [6, 6.07) is 5.37. The predicted molar refractivity (Wildman–Crippen MR) is 118 cm³/mol. The molecule has 0 radical (unpaired) electrons. The Balaban J connectivity index is 0.000000479. The van der Waals surface area contributed by atoms with Crippen LogP contribution in [0.3, 0.4) is 0 Å². The fraction of sp³-hybridized carbons (Fsp3) is 0.476. The Morgan fingerprint density at radius 1 is 1.07 bits per heavy atom. The average Bonchev–Trinajstić information content (AvgIpc) is 2.70. The fourth-order valence-corrected chi connectivity index (χ4v) is 3.45. The molecule has 0 spiro atoms. The second kappa shape index (κ2) is 13.3. The number of benzene rings is 1. The van der Waals surface area contributed by atoms with Crippen molar-refractivity contribution in [3.63, 3.8) is 0 Å². The number of hydrogen-bond donors (Lipinski definition) is 2. The lowest BCUT2D eigenvalue weighted by Gasteiger charge is -2.32. The number of rotatable bonds is 7. The Bertz CT molecular complexity index is 746. The van der Waals surface area contributed by atoms with Crippen LogP contribution in [0.25, 0.3) is 0 Å². The number of nitrogens with zero attached hydrogens (tertiary/aromatic N) is 2. The van der Waals surface area contributed by atoms with Gasteiger partial charge in [0.15, 0.2) is 0 Å². The number of carbonyl (C=O) groups is 3. The van der Waals surface area contributed by atoms with Crippen molar-refractivity contribution in [1.29, 1.82) is 0 Å². The van der Waals surface area contributed by atoms with Gasteiger partial charge in [0.1, 0.15) is 0 Å². The second-order valence-electron chi connectivity index (χ2n) is 6.83. The Hall–Kier alpha value is -2.09. The zero-order valence-electron chi connectivity index (χ0n) is 17.2. The molecule has 1 saturated heterocycles. The van der Waals surface area contributed by atoms with Crippen molar-refractivity contribution in [2.75, 3.05) is 31.1 Å². The smallest absolute Gasteiger partial charge is 0.328 e. The van der Waals surface area contributed by atoms with Crippen LogP contribution >= 0.6 is 23.2 Å². The van der Waals surface area contributed by atoms with E-state index in [1.54, 1.807) is 17.0 Å². The van der Waals surface area contributed by atoms with E-state index in [0.717, 1.165) is 38.2 Å². The number of halogens is 2. The van der Waals surface area contributed by atoms with Crippen LogP contribution in [0.5, 0.6) is 0 Å². The molecule has 1 heterocycles. The van der Waals surface area contributed by atoms with Gasteiger partial charge in [0.25, 0.3) is 0 Å². The first-order valence-corrected chi connectivity index (χ1v) is 10.5. The molecule has 1 aromatic carbocycles. The number of aliphatic carboxylic acids is 2. The van der Waals surface area contributed by atoms with Crippen molar-refractivity contribution in [1.82, 2.24) is 4.90 Å². The second-order valence-corrected chi connectivity index (χ2v) is 7.64. The monoisotopic (exact) mass is 458 g/mol. The van der Waals surface area contributed by atoms with Gasteiger partial charge in [-0.2, -0.15) is 0 Å². The third-order valence-electron chi connectivity index (χ3n) is 4.82. The van der Waals surface area contributed by atoms with E-state index in [9.17, 15) is 14.4 Å². The molecule has 2 rings (SSSR count). The summed E-state index contributed by atoms with van der Waals surface area (Å²) >= 11 is 12.0. The molecule has 30 heavy (non-hydrogen) atoms. The number of carboxylic acids is 2. The Morgan fingerprint density at radius 3 is 2.07 bits per heavy atom. The maximum Gasteiger partial charge on any atom is 0.328 e. The number of anilines is 1. The van der Waals surface area contributed by atoms with Crippen molar-refractivity contribution in [3.8, 4) is 0 Å². The Labute approximate surface area is 186 Å². The topological polar surface area (TPSA) is 98.2 Å². The van der Waals surface area contributed by atoms with E-state index in [1.807, 2.05) is 13.0 Å². The lowest BCUT2D eigenvalue weighted by atomic mass is 9.93. The van der Waals surface area contributed by atoms with Crippen LogP contribution < -0.4 is 4.90 Å². The number of piperidine rings is 1. The summed E-state index contributed by atoms with van der Waals surface area (Å²) in [5.41, 5.74) is 0.827. The molecule has 1 aliphatic heterocycles. The Morgan fingerprint density at radius 2 is 1.63 bits per heavy atom. The molecule has 9 heteroatoms. The molecule has 2 N–H and O–H groups in total. The van der Waals surface area contributed by atoms with E-state index in [0.29, 0.717) is 41.1 Å². The first kappa shape index (κ1) is 25.9. The van der Waals surface area contributed by atoms with Gasteiger partial charge in [-0.25, -0.2) is 9.59 Å². The first-order chi connectivity index (χ1) is 14.2. The Kier molecular flexibility index (Phi) is 11.5. The summed E-state index contributed by atoms with van der Waals surface area (Å²) < 4.78 is 0. The summed E-state index contributed by atoms with van der Waals surface area (Å²) in [4.78, 5) is 36.0. The number of carboxylic acid groups (broad SMARTS) is 2. The fourth-order valence-electron chi connectivity index (χ4n) is 3.16. The number of amides is 1. The van der Waals surface area contributed by atoms with Crippen LogP contribution in [0.4, 0.5) is 5.69 Å². The molecule has 0 unspecified atom stereocenters. The SMILES string of the molecule is CCN1CCC(CC(=O)N(CC)c2ccc(Cl)c(Cl)c2)CC1.O=C(O)/C=C/C(=O)O. The van der Waals surface area contributed by atoms with Gasteiger partial charge in [-0.3, -0.25) is 4.79 Å². The summed E-state index contributed by atoms with van der Waals surface area (Å²) in [7, 11) is 0. The third kappa shape index (κ3) is 9.15. The van der Waals surface area contributed by atoms with Gasteiger partial charge in [-0.15, -0.1) is 0 Å². The lowest BCUT2D eigenvalue weighted by Crippen LogP contribution is -2.37. The van der Waals surface area contributed by atoms with E-state index in [-0.39, 0.29) is 5.91 Å². The van der Waals surface area contributed by atoms with Crippen LogP contribution in [-0.4, -0.2) is 59.1 Å². The van der Waals surface area contributed by atoms with Crippen LogP contribution in [0.2, 0.25) is 10.0 Å². The molecule has 1 amide bonds. The van der Waals surface area contributed by atoms with Crippen molar-refractivity contribution in [3.05, 3.63) is 40.4 Å². The third-order valence-corrected chi connectivity index (χ3v) is 5.56. The maximum atomic E-state index is 12.6. The average molecular weight is 459 g/mol. The summed E-state index contributed by atoms with van der Waals surface area (Å²) in [6.45, 7) is 8.13. The van der Waals surface area contributed by atoms with Crippen molar-refractivity contribution in [2.24, 2.45) is 5.92 Å². The summed E-state index contributed by atoms with van der Waals surface area (Å²) in [5, 5.41) is 16.6. The molecule has 7 nitrogen and oxygen atoms in total. The standard InChI is InChI=1S/C17H24Cl2N2O.C4H4O4/c1-3-20-9-7-13(8-10-20)11-17(22)21(4-2)14-5-6-15(18)16(19)12-14;5-3(6)1-2-4(7)8/h5-6,12-13H,3-4,7-11H2,1-2H3;1-2H,(H,5,6)(H,7,8)/b;2-1+. The zero-order valence-corrected chi connectivity index (χ0v) is 18.7. The molecule has 0 saturated carbocycles. The van der Waals surface area contributed by atoms with E-state index in [2.05, 4.69) is 11.8 Å². The molecule has 0 bridgehead atoms. The number of hydrogen-bond acceptors (Lipinski definition) is 4. The molecule has 1 aromatic rings. The van der Waals surface area contributed by atoms with Gasteiger partial charge < -0.3 is 20.0 Å². The van der Waals surface area contributed by atoms with Crippen LogP contribution in [-0.2, 0) is 14.4 Å². The molecule has 1 aliphatic rings. The van der Waals surface area contributed by atoms with Gasteiger partial charge >= 0.3 is 11.9 Å². The van der Waals surface area contributed by atoms with Crippen LogP contribution in [0.1, 0.15) is 33.1 Å². The van der Waals surface area contributed by atoms with Gasteiger partial charge in [0.05, 0.1) is 10.0 Å². The highest BCUT2D eigenvalue weighted by Crippen LogP contribution is 2.29. The highest BCUT2D eigenvalue weighted by atomic mass is 35.5. The first-order valence-electron chi connectivity index (χ1n) is 9.79. The van der Waals surface area contributed by atoms with Gasteiger partial charge in [0.2, 0.25) is 5.91 Å². The number of likely N-dealkylation sites (tertiary alicyclic amines) is 1. The quantitative estimate of drug-likeness (QED) is 0.594. The largest absolute Gasteiger partial charge is 0.478 e. The molecule has 0 aliphatic carbocycles. The summed E-state index contributed by atoms with van der Waals surface area (Å²) in [6.07, 6.45) is 3.95. The van der Waals surface area contributed by atoms with Gasteiger partial charge in [0, 0.05) is 30.8 Å². The summed E-state index contributed by atoms with van der Waals surface area (Å²) in [5.74, 6) is -1.84. The molecular formula is C21H28Cl2N2O5. The molecule has 0 aromatic heterocycles. The minimum absolute atomic E-state index is 0.177. The molecule has 1 fully saturated rings. The maximum absolute atomic E-state index is 12.6. The zero-order chi connectivity index (χ0) is 22.7. The molecular weight excluding hydrogens is 431 g/mol. The van der Waals surface area contributed by atoms with Crippen molar-refractivity contribution >= 4 is 46.7 Å². The molecule has 166 valence electrons.